The first kappa shape index (κ1) is 16.7. The number of rotatable bonds is 7. The molecule has 0 aliphatic carbocycles. The molecule has 2 aromatic rings. The molecule has 0 saturated heterocycles. The van der Waals surface area contributed by atoms with Gasteiger partial charge in [-0.05, 0) is 22.8 Å². The normalized spacial score (nSPS) is 12.3. The summed E-state index contributed by atoms with van der Waals surface area (Å²) >= 11 is 1.02. The third kappa shape index (κ3) is 5.28. The lowest BCUT2D eigenvalue weighted by Gasteiger charge is -2.06. The summed E-state index contributed by atoms with van der Waals surface area (Å²) in [5, 5.41) is 14.0. The van der Waals surface area contributed by atoms with E-state index in [-0.39, 0.29) is 10.9 Å². The van der Waals surface area contributed by atoms with Crippen LogP contribution in [0, 0.1) is 5.92 Å². The average molecular weight is 336 g/mol. The van der Waals surface area contributed by atoms with E-state index in [2.05, 4.69) is 39.5 Å². The lowest BCUT2D eigenvalue weighted by molar-refractivity contribution is -0.144. The van der Waals surface area contributed by atoms with Crippen LogP contribution in [0.4, 0.5) is 13.2 Å². The fourth-order valence-corrected chi connectivity index (χ4v) is 2.28. The van der Waals surface area contributed by atoms with E-state index < -0.39 is 12.7 Å². The highest BCUT2D eigenvalue weighted by Gasteiger charge is 2.30. The number of nitrogens with zero attached hydrogens (tertiary/aromatic N) is 6. The molecule has 0 atom stereocenters. The molecule has 2 heterocycles. The van der Waals surface area contributed by atoms with Crippen molar-refractivity contribution in [2.45, 2.75) is 50.3 Å². The Morgan fingerprint density at radius 1 is 1.32 bits per heavy atom. The first-order valence-electron chi connectivity index (χ1n) is 6.60. The van der Waals surface area contributed by atoms with Crippen LogP contribution in [0.3, 0.4) is 0 Å². The highest BCUT2D eigenvalue weighted by atomic mass is 32.2. The molecular formula is C11H15F3N6OS. The van der Waals surface area contributed by atoms with Gasteiger partial charge in [0, 0.05) is 6.42 Å². The van der Waals surface area contributed by atoms with E-state index in [9.17, 15) is 13.2 Å². The van der Waals surface area contributed by atoms with Crippen molar-refractivity contribution >= 4 is 11.8 Å². The smallest absolute Gasteiger partial charge is 0.338 e. The Balaban J connectivity index is 1.89. The fourth-order valence-electron chi connectivity index (χ4n) is 1.56. The summed E-state index contributed by atoms with van der Waals surface area (Å²) in [6, 6.07) is 0. The van der Waals surface area contributed by atoms with Gasteiger partial charge in [0.15, 0.2) is 5.82 Å². The summed E-state index contributed by atoms with van der Waals surface area (Å²) in [5.41, 5.74) is 0. The van der Waals surface area contributed by atoms with Crippen molar-refractivity contribution in [2.75, 3.05) is 0 Å². The second-order valence-corrected chi connectivity index (χ2v) is 6.00. The Bertz CT molecular complexity index is 597. The highest BCUT2D eigenvalue weighted by molar-refractivity contribution is 7.98. The zero-order chi connectivity index (χ0) is 16.2. The van der Waals surface area contributed by atoms with Crippen LogP contribution in [0.5, 0.6) is 0 Å². The van der Waals surface area contributed by atoms with E-state index in [0.29, 0.717) is 28.7 Å². The van der Waals surface area contributed by atoms with Gasteiger partial charge in [-0.15, -0.1) is 5.10 Å². The Morgan fingerprint density at radius 3 is 2.77 bits per heavy atom. The number of aryl methyl sites for hydroxylation is 1. The predicted molar refractivity (Wildman–Crippen MR) is 70.9 cm³/mol. The van der Waals surface area contributed by atoms with Gasteiger partial charge >= 0.3 is 6.18 Å². The molecule has 22 heavy (non-hydrogen) atoms. The number of aromatic nitrogens is 6. The molecule has 0 spiro atoms. The number of thioether (sulfide) groups is 1. The minimum absolute atomic E-state index is 0.0549. The van der Waals surface area contributed by atoms with Crippen LogP contribution in [0.2, 0.25) is 0 Å². The molecule has 0 saturated carbocycles. The molecule has 122 valence electrons. The van der Waals surface area contributed by atoms with Gasteiger partial charge in [0.2, 0.25) is 11.0 Å². The molecular weight excluding hydrogens is 321 g/mol. The van der Waals surface area contributed by atoms with Crippen molar-refractivity contribution in [3.8, 4) is 0 Å². The summed E-state index contributed by atoms with van der Waals surface area (Å²) in [7, 11) is 0. The topological polar surface area (TPSA) is 82.5 Å². The summed E-state index contributed by atoms with van der Waals surface area (Å²) < 4.78 is 42.8. The molecule has 0 unspecified atom stereocenters. The van der Waals surface area contributed by atoms with Crippen LogP contribution in [0.15, 0.2) is 9.68 Å². The maximum Gasteiger partial charge on any atom is 0.408 e. The van der Waals surface area contributed by atoms with Crippen molar-refractivity contribution in [1.82, 2.24) is 30.3 Å². The maximum atomic E-state index is 12.3. The molecule has 7 nitrogen and oxygen atoms in total. The predicted octanol–water partition coefficient (Wildman–Crippen LogP) is 2.50. The molecule has 2 rings (SSSR count). The van der Waals surface area contributed by atoms with E-state index in [4.69, 9.17) is 4.52 Å². The largest absolute Gasteiger partial charge is 0.408 e. The minimum Gasteiger partial charge on any atom is -0.338 e. The van der Waals surface area contributed by atoms with Crippen molar-refractivity contribution in [2.24, 2.45) is 5.92 Å². The van der Waals surface area contributed by atoms with Crippen LogP contribution < -0.4 is 0 Å². The Hall–Kier alpha value is -1.65. The fraction of sp³-hybridized carbons (Fsp3) is 0.727. The number of hydrogen-bond donors (Lipinski definition) is 0. The first-order chi connectivity index (χ1) is 10.3. The number of tetrazole rings is 1. The molecule has 0 bridgehead atoms. The zero-order valence-electron chi connectivity index (χ0n) is 12.0. The molecule has 2 aromatic heterocycles. The van der Waals surface area contributed by atoms with E-state index in [1.807, 2.05) is 0 Å². The standard InChI is InChI=1S/C11H15F3N6OS/c1-7(2)3-4-8-15-9(21-17-8)5-22-10-16-18-19-20(10)6-11(12,13)14/h7H,3-6H2,1-2H3. The molecule has 0 aliphatic heterocycles. The Labute approximate surface area is 128 Å². The van der Waals surface area contributed by atoms with E-state index in [1.54, 1.807) is 0 Å². The van der Waals surface area contributed by atoms with Gasteiger partial charge in [-0.2, -0.15) is 18.2 Å². The lowest BCUT2D eigenvalue weighted by atomic mass is 10.1. The van der Waals surface area contributed by atoms with Gasteiger partial charge in [-0.3, -0.25) is 0 Å². The van der Waals surface area contributed by atoms with Crippen LogP contribution in [-0.4, -0.2) is 36.5 Å². The van der Waals surface area contributed by atoms with E-state index in [0.717, 1.165) is 18.2 Å². The summed E-state index contributed by atoms with van der Waals surface area (Å²) in [6.45, 7) is 2.96. The lowest BCUT2D eigenvalue weighted by Crippen LogP contribution is -2.19. The third-order valence-electron chi connectivity index (χ3n) is 2.61. The summed E-state index contributed by atoms with van der Waals surface area (Å²) in [6.07, 6.45) is -2.73. The first-order valence-corrected chi connectivity index (χ1v) is 7.59. The van der Waals surface area contributed by atoms with Crippen LogP contribution in [0.1, 0.15) is 32.0 Å². The van der Waals surface area contributed by atoms with Gasteiger partial charge in [0.25, 0.3) is 0 Å². The molecule has 0 N–H and O–H groups in total. The Kier molecular flexibility index (Phi) is 5.37. The monoisotopic (exact) mass is 336 g/mol. The van der Waals surface area contributed by atoms with Gasteiger partial charge in [-0.25, -0.2) is 4.68 Å². The zero-order valence-corrected chi connectivity index (χ0v) is 12.9. The quantitative estimate of drug-likeness (QED) is 0.718. The summed E-state index contributed by atoms with van der Waals surface area (Å²) in [4.78, 5) is 4.19. The molecule has 0 fully saturated rings. The van der Waals surface area contributed by atoms with Gasteiger partial charge in [0.05, 0.1) is 5.75 Å². The third-order valence-corrected chi connectivity index (χ3v) is 3.55. The number of hydrogen-bond acceptors (Lipinski definition) is 7. The van der Waals surface area contributed by atoms with E-state index in [1.165, 1.54) is 0 Å². The second-order valence-electron chi connectivity index (χ2n) is 5.06. The number of halogens is 3. The molecule has 0 radical (unpaired) electrons. The van der Waals surface area contributed by atoms with Crippen molar-refractivity contribution < 1.29 is 17.7 Å². The Morgan fingerprint density at radius 2 is 2.09 bits per heavy atom. The van der Waals surface area contributed by atoms with Crippen LogP contribution >= 0.6 is 11.8 Å². The van der Waals surface area contributed by atoms with Crippen molar-refractivity contribution in [3.63, 3.8) is 0 Å². The maximum absolute atomic E-state index is 12.3. The highest BCUT2D eigenvalue weighted by Crippen LogP contribution is 2.23. The minimum atomic E-state index is -4.38. The molecule has 0 aromatic carbocycles. The van der Waals surface area contributed by atoms with Gasteiger partial charge in [-0.1, -0.05) is 30.8 Å². The van der Waals surface area contributed by atoms with Crippen molar-refractivity contribution in [3.05, 3.63) is 11.7 Å². The molecule has 0 amide bonds. The molecule has 11 heteroatoms. The molecule has 0 aliphatic rings. The average Bonchev–Trinajstić information content (AvgIpc) is 3.01. The van der Waals surface area contributed by atoms with Crippen LogP contribution in [-0.2, 0) is 18.7 Å². The van der Waals surface area contributed by atoms with Gasteiger partial charge < -0.3 is 4.52 Å². The van der Waals surface area contributed by atoms with Crippen molar-refractivity contribution in [1.29, 1.82) is 0 Å². The SMILES string of the molecule is CC(C)CCc1noc(CSc2nnnn2CC(F)(F)F)n1. The summed E-state index contributed by atoms with van der Waals surface area (Å²) in [5.74, 6) is 1.68. The van der Waals surface area contributed by atoms with E-state index >= 15 is 0 Å². The van der Waals surface area contributed by atoms with Gasteiger partial charge in [0.1, 0.15) is 6.54 Å². The second kappa shape index (κ2) is 7.07. The number of alkyl halides is 3. The van der Waals surface area contributed by atoms with Crippen LogP contribution in [0.25, 0.3) is 0 Å².